The van der Waals surface area contributed by atoms with Gasteiger partial charge < -0.3 is 16.2 Å². The first-order valence-corrected chi connectivity index (χ1v) is 7.61. The molecule has 0 spiro atoms. The van der Waals surface area contributed by atoms with E-state index in [0.717, 1.165) is 25.3 Å². The fourth-order valence-corrected chi connectivity index (χ4v) is 3.17. The first-order chi connectivity index (χ1) is 10.0. The molecule has 0 radical (unpaired) electrons. The lowest BCUT2D eigenvalue weighted by Gasteiger charge is -2.31. The van der Waals surface area contributed by atoms with Crippen LogP contribution in [0.15, 0.2) is 12.1 Å². The van der Waals surface area contributed by atoms with Gasteiger partial charge in [-0.2, -0.15) is 0 Å². The number of nitrogens with one attached hydrogen (secondary N) is 1. The number of carboxylic acids is 1. The normalized spacial score (nSPS) is 17.4. The molecule has 1 saturated carbocycles. The molecule has 2 rings (SSSR count). The smallest absolute Gasteiger partial charge is 0.337 e. The zero-order valence-electron chi connectivity index (χ0n) is 12.4. The van der Waals surface area contributed by atoms with Gasteiger partial charge in [0.25, 0.3) is 0 Å². The second-order valence-electron chi connectivity index (χ2n) is 5.78. The summed E-state index contributed by atoms with van der Waals surface area (Å²) in [4.78, 5) is 11.1. The number of aromatic carboxylic acids is 1. The Bertz CT molecular complexity index is 513. The molecule has 1 aliphatic carbocycles. The van der Waals surface area contributed by atoms with Gasteiger partial charge in [-0.1, -0.05) is 26.2 Å². The van der Waals surface area contributed by atoms with Crippen LogP contribution in [0.5, 0.6) is 0 Å². The van der Waals surface area contributed by atoms with Crippen LogP contribution in [-0.2, 0) is 0 Å². The Morgan fingerprint density at radius 3 is 2.67 bits per heavy atom. The third-order valence-electron chi connectivity index (χ3n) is 4.37. The van der Waals surface area contributed by atoms with Gasteiger partial charge >= 0.3 is 5.97 Å². The van der Waals surface area contributed by atoms with Crippen molar-refractivity contribution in [3.8, 4) is 0 Å². The number of benzene rings is 1. The highest BCUT2D eigenvalue weighted by Crippen LogP contribution is 2.31. The first kappa shape index (κ1) is 15.6. The van der Waals surface area contributed by atoms with Gasteiger partial charge in [0.1, 0.15) is 5.82 Å². The van der Waals surface area contributed by atoms with Gasteiger partial charge in [-0.05, 0) is 37.3 Å². The molecule has 5 heteroatoms. The lowest BCUT2D eigenvalue weighted by atomic mass is 9.83. The maximum Gasteiger partial charge on any atom is 0.337 e. The first-order valence-electron chi connectivity index (χ1n) is 7.61. The standard InChI is InChI=1S/C16H23FN2O2/c1-2-14(10-6-4-3-5-7-10)19-15-8-11(16(20)21)13(18)9-12(15)17/h8-10,14,19H,2-7,18H2,1H3,(H,20,21). The van der Waals surface area contributed by atoms with E-state index in [2.05, 4.69) is 12.2 Å². The molecular weight excluding hydrogens is 271 g/mol. The topological polar surface area (TPSA) is 75.3 Å². The highest BCUT2D eigenvalue weighted by atomic mass is 19.1. The summed E-state index contributed by atoms with van der Waals surface area (Å²) in [6.07, 6.45) is 6.88. The number of carbonyl (C=O) groups is 1. The van der Waals surface area contributed by atoms with Gasteiger partial charge in [0.05, 0.1) is 11.3 Å². The number of halogens is 1. The van der Waals surface area contributed by atoms with E-state index in [9.17, 15) is 9.18 Å². The van der Waals surface area contributed by atoms with E-state index in [1.807, 2.05) is 0 Å². The van der Waals surface area contributed by atoms with E-state index in [4.69, 9.17) is 10.8 Å². The number of hydrogen-bond donors (Lipinski definition) is 3. The molecule has 4 nitrogen and oxygen atoms in total. The van der Waals surface area contributed by atoms with Crippen molar-refractivity contribution in [3.05, 3.63) is 23.5 Å². The quantitative estimate of drug-likeness (QED) is 0.720. The SMILES string of the molecule is CCC(Nc1cc(C(=O)O)c(N)cc1F)C1CCCCC1. The average Bonchev–Trinajstić information content (AvgIpc) is 2.47. The Kier molecular flexibility index (Phi) is 5.04. The maximum absolute atomic E-state index is 14.0. The van der Waals surface area contributed by atoms with Crippen LogP contribution >= 0.6 is 0 Å². The molecule has 1 aromatic carbocycles. The van der Waals surface area contributed by atoms with Gasteiger partial charge in [0.15, 0.2) is 0 Å². The molecule has 116 valence electrons. The lowest BCUT2D eigenvalue weighted by molar-refractivity contribution is 0.0698. The van der Waals surface area contributed by atoms with Crippen molar-refractivity contribution in [2.75, 3.05) is 11.1 Å². The molecule has 21 heavy (non-hydrogen) atoms. The van der Waals surface area contributed by atoms with Crippen molar-refractivity contribution in [1.29, 1.82) is 0 Å². The van der Waals surface area contributed by atoms with Crippen LogP contribution in [0.1, 0.15) is 55.8 Å². The summed E-state index contributed by atoms with van der Waals surface area (Å²) < 4.78 is 14.0. The van der Waals surface area contributed by atoms with Crippen LogP contribution in [0, 0.1) is 11.7 Å². The Morgan fingerprint density at radius 2 is 2.10 bits per heavy atom. The summed E-state index contributed by atoms with van der Waals surface area (Å²) in [5.41, 5.74) is 5.68. The molecule has 0 bridgehead atoms. The number of anilines is 2. The summed E-state index contributed by atoms with van der Waals surface area (Å²) in [5, 5.41) is 12.3. The monoisotopic (exact) mass is 294 g/mol. The highest BCUT2D eigenvalue weighted by molar-refractivity contribution is 5.94. The number of rotatable bonds is 5. The number of nitrogens with two attached hydrogens (primary N) is 1. The van der Waals surface area contributed by atoms with E-state index in [1.165, 1.54) is 25.3 Å². The molecule has 1 aromatic rings. The molecule has 1 atom stereocenters. The molecule has 0 saturated heterocycles. The van der Waals surface area contributed by atoms with Gasteiger partial charge in [-0.25, -0.2) is 9.18 Å². The van der Waals surface area contributed by atoms with Gasteiger partial charge in [0.2, 0.25) is 0 Å². The zero-order valence-corrected chi connectivity index (χ0v) is 12.4. The van der Waals surface area contributed by atoms with Crippen molar-refractivity contribution < 1.29 is 14.3 Å². The second kappa shape index (κ2) is 6.78. The predicted molar refractivity (Wildman–Crippen MR) is 82.0 cm³/mol. The van der Waals surface area contributed by atoms with Crippen molar-refractivity contribution >= 4 is 17.3 Å². The van der Waals surface area contributed by atoms with Crippen LogP contribution in [0.3, 0.4) is 0 Å². The summed E-state index contributed by atoms with van der Waals surface area (Å²) in [6.45, 7) is 2.07. The highest BCUT2D eigenvalue weighted by Gasteiger charge is 2.23. The van der Waals surface area contributed by atoms with Crippen molar-refractivity contribution in [1.82, 2.24) is 0 Å². The molecule has 4 N–H and O–H groups in total. The van der Waals surface area contributed by atoms with Crippen LogP contribution in [0.25, 0.3) is 0 Å². The third kappa shape index (κ3) is 3.65. The number of hydrogen-bond acceptors (Lipinski definition) is 3. The second-order valence-corrected chi connectivity index (χ2v) is 5.78. The van der Waals surface area contributed by atoms with Crippen LogP contribution in [-0.4, -0.2) is 17.1 Å². The largest absolute Gasteiger partial charge is 0.478 e. The third-order valence-corrected chi connectivity index (χ3v) is 4.37. The van der Waals surface area contributed by atoms with Gasteiger partial charge in [0, 0.05) is 11.7 Å². The molecule has 1 fully saturated rings. The molecule has 0 aromatic heterocycles. The predicted octanol–water partition coefficient (Wildman–Crippen LogP) is 3.88. The summed E-state index contributed by atoms with van der Waals surface area (Å²) in [5.74, 6) is -1.11. The Morgan fingerprint density at radius 1 is 1.43 bits per heavy atom. The van der Waals surface area contributed by atoms with E-state index in [0.29, 0.717) is 5.92 Å². The molecule has 0 aliphatic heterocycles. The van der Waals surface area contributed by atoms with Crippen LogP contribution < -0.4 is 11.1 Å². The fraction of sp³-hybridized carbons (Fsp3) is 0.562. The van der Waals surface area contributed by atoms with Crippen LogP contribution in [0.2, 0.25) is 0 Å². The minimum atomic E-state index is -1.14. The number of carboxylic acid groups (broad SMARTS) is 1. The molecule has 0 amide bonds. The Labute approximate surface area is 124 Å². The number of nitrogen functional groups attached to an aromatic ring is 1. The minimum absolute atomic E-state index is 0.0451. The summed E-state index contributed by atoms with van der Waals surface area (Å²) >= 11 is 0. The Hall–Kier alpha value is -1.78. The maximum atomic E-state index is 14.0. The van der Waals surface area contributed by atoms with E-state index in [1.54, 1.807) is 0 Å². The molecule has 1 aliphatic rings. The molecule has 0 heterocycles. The Balaban J connectivity index is 2.20. The summed E-state index contributed by atoms with van der Waals surface area (Å²) in [7, 11) is 0. The summed E-state index contributed by atoms with van der Waals surface area (Å²) in [6, 6.07) is 2.56. The van der Waals surface area contributed by atoms with Gasteiger partial charge in [-0.15, -0.1) is 0 Å². The van der Waals surface area contributed by atoms with E-state index < -0.39 is 11.8 Å². The van der Waals surface area contributed by atoms with E-state index >= 15 is 0 Å². The zero-order chi connectivity index (χ0) is 15.4. The van der Waals surface area contributed by atoms with E-state index in [-0.39, 0.29) is 23.0 Å². The minimum Gasteiger partial charge on any atom is -0.478 e. The van der Waals surface area contributed by atoms with Crippen molar-refractivity contribution in [2.24, 2.45) is 5.92 Å². The van der Waals surface area contributed by atoms with Crippen molar-refractivity contribution in [2.45, 2.75) is 51.5 Å². The van der Waals surface area contributed by atoms with Crippen molar-refractivity contribution in [3.63, 3.8) is 0 Å². The van der Waals surface area contributed by atoms with Gasteiger partial charge in [-0.3, -0.25) is 0 Å². The molecule has 1 unspecified atom stereocenters. The van der Waals surface area contributed by atoms with Crippen LogP contribution in [0.4, 0.5) is 15.8 Å². The molecular formula is C16H23FN2O2. The fourth-order valence-electron chi connectivity index (χ4n) is 3.17. The lowest BCUT2D eigenvalue weighted by Crippen LogP contribution is -2.30. The average molecular weight is 294 g/mol.